The third-order valence-corrected chi connectivity index (χ3v) is 4.51. The highest BCUT2D eigenvalue weighted by atomic mass is 32.1. The molecule has 0 bridgehead atoms. The Labute approximate surface area is 162 Å². The van der Waals surface area contributed by atoms with E-state index in [1.54, 1.807) is 30.3 Å². The van der Waals surface area contributed by atoms with E-state index >= 15 is 0 Å². The molecule has 0 spiro atoms. The second-order valence-corrected chi connectivity index (χ2v) is 6.59. The average Bonchev–Trinajstić information content (AvgIpc) is 3.31. The molecule has 0 saturated carbocycles. The van der Waals surface area contributed by atoms with Crippen LogP contribution in [0.1, 0.15) is 16.1 Å². The van der Waals surface area contributed by atoms with Gasteiger partial charge >= 0.3 is 5.97 Å². The van der Waals surface area contributed by atoms with E-state index in [4.69, 9.17) is 19.0 Å². The van der Waals surface area contributed by atoms with Crippen molar-refractivity contribution in [3.05, 3.63) is 67.5 Å². The second-order valence-electron chi connectivity index (χ2n) is 5.51. The molecule has 0 aliphatic heterocycles. The first-order valence-electron chi connectivity index (χ1n) is 7.99. The first kappa shape index (κ1) is 19.2. The number of ether oxygens (including phenoxy) is 2. The predicted molar refractivity (Wildman–Crippen MR) is 101 cm³/mol. The molecule has 3 aromatic rings. The number of H-pyrrole nitrogens is 1. The van der Waals surface area contributed by atoms with E-state index in [-0.39, 0.29) is 22.9 Å². The normalized spacial score (nSPS) is 12.2. The number of ketones is 1. The lowest BCUT2D eigenvalue weighted by Gasteiger charge is -2.09. The van der Waals surface area contributed by atoms with Crippen LogP contribution in [0.3, 0.4) is 0 Å². The van der Waals surface area contributed by atoms with Gasteiger partial charge in [0.15, 0.2) is 23.9 Å². The Morgan fingerprint density at radius 1 is 1.29 bits per heavy atom. The van der Waals surface area contributed by atoms with Crippen LogP contribution < -0.4 is 24.2 Å². The highest BCUT2D eigenvalue weighted by Crippen LogP contribution is 2.28. The molecule has 0 unspecified atom stereocenters. The van der Waals surface area contributed by atoms with Crippen LogP contribution in [-0.4, -0.2) is 35.6 Å². The lowest BCUT2D eigenvalue weighted by Crippen LogP contribution is -2.20. The van der Waals surface area contributed by atoms with Crippen molar-refractivity contribution in [3.8, 4) is 11.5 Å². The minimum absolute atomic E-state index is 0.182. The van der Waals surface area contributed by atoms with E-state index in [1.165, 1.54) is 25.5 Å². The van der Waals surface area contributed by atoms with E-state index in [0.717, 1.165) is 11.3 Å². The zero-order valence-electron chi connectivity index (χ0n) is 14.6. The molecule has 1 aromatic carbocycles. The van der Waals surface area contributed by atoms with Crippen molar-refractivity contribution in [3.63, 3.8) is 0 Å². The van der Waals surface area contributed by atoms with Gasteiger partial charge in [-0.3, -0.25) is 9.59 Å². The van der Waals surface area contributed by atoms with Crippen molar-refractivity contribution < 1.29 is 28.6 Å². The Kier molecular flexibility index (Phi) is 5.75. The first-order chi connectivity index (χ1) is 13.5. The molecule has 0 aliphatic carbocycles. The van der Waals surface area contributed by atoms with Crippen molar-refractivity contribution in [1.29, 1.82) is 0 Å². The molecular formula is C19H15NO7S. The topological polar surface area (TPSA) is 119 Å². The Hall–Kier alpha value is -3.59. The number of benzene rings is 1. The minimum Gasteiger partial charge on any atom is -0.493 e. The highest BCUT2D eigenvalue weighted by Gasteiger charge is 2.08. The van der Waals surface area contributed by atoms with Gasteiger partial charge in [0.1, 0.15) is 0 Å². The lowest BCUT2D eigenvalue weighted by molar-refractivity contribution is -0.139. The molecule has 9 heteroatoms. The third-order valence-electron chi connectivity index (χ3n) is 3.54. The number of aromatic amines is 1. The molecule has 3 rings (SSSR count). The number of methoxy groups -OCH3 is 1. The third kappa shape index (κ3) is 4.57. The molecule has 2 aromatic heterocycles. The van der Waals surface area contributed by atoms with E-state index in [2.05, 4.69) is 4.98 Å². The maximum absolute atomic E-state index is 12.2. The van der Waals surface area contributed by atoms with Crippen molar-refractivity contribution in [2.45, 2.75) is 0 Å². The van der Waals surface area contributed by atoms with Gasteiger partial charge in [0.2, 0.25) is 5.78 Å². The largest absolute Gasteiger partial charge is 0.493 e. The number of hydrogen-bond acceptors (Lipinski definition) is 7. The number of carboxylic acids is 1. The Bertz CT molecular complexity index is 1170. The van der Waals surface area contributed by atoms with Gasteiger partial charge in [-0.2, -0.15) is 0 Å². The molecule has 28 heavy (non-hydrogen) atoms. The van der Waals surface area contributed by atoms with Gasteiger partial charge in [0, 0.05) is 6.08 Å². The molecule has 0 fully saturated rings. The van der Waals surface area contributed by atoms with Gasteiger partial charge in [0.05, 0.1) is 22.6 Å². The molecule has 0 saturated heterocycles. The summed E-state index contributed by atoms with van der Waals surface area (Å²) in [6, 6.07) is 7.99. The number of nitrogens with one attached hydrogen (secondary N) is 1. The number of Topliss-reactive ketones (excluding diaryl/α,β-unsaturated/α-hetero) is 1. The van der Waals surface area contributed by atoms with Gasteiger partial charge in [0.25, 0.3) is 5.56 Å². The molecule has 0 radical (unpaired) electrons. The monoisotopic (exact) mass is 401 g/mol. The number of rotatable bonds is 7. The average molecular weight is 401 g/mol. The number of carbonyl (C=O) groups is 2. The van der Waals surface area contributed by atoms with Crippen molar-refractivity contribution in [2.75, 3.05) is 13.7 Å². The highest BCUT2D eigenvalue weighted by molar-refractivity contribution is 7.07. The second kappa shape index (κ2) is 8.40. The summed E-state index contributed by atoms with van der Waals surface area (Å²) in [5.74, 6) is -0.657. The van der Waals surface area contributed by atoms with Crippen LogP contribution in [0.25, 0.3) is 12.2 Å². The van der Waals surface area contributed by atoms with Gasteiger partial charge in [-0.25, -0.2) is 4.79 Å². The maximum atomic E-state index is 12.2. The summed E-state index contributed by atoms with van der Waals surface area (Å²) in [7, 11) is 1.43. The molecule has 0 amide bonds. The van der Waals surface area contributed by atoms with Crippen molar-refractivity contribution >= 4 is 35.2 Å². The summed E-state index contributed by atoms with van der Waals surface area (Å²) < 4.78 is 16.2. The van der Waals surface area contributed by atoms with Crippen LogP contribution in [0.15, 0.2) is 45.8 Å². The summed E-state index contributed by atoms with van der Waals surface area (Å²) in [6.07, 6.45) is 4.32. The molecule has 2 heterocycles. The van der Waals surface area contributed by atoms with E-state index in [9.17, 15) is 14.4 Å². The van der Waals surface area contributed by atoms with E-state index in [0.29, 0.717) is 20.5 Å². The zero-order chi connectivity index (χ0) is 20.1. The number of carboxylic acid groups (broad SMARTS) is 1. The van der Waals surface area contributed by atoms with Crippen LogP contribution in [0.4, 0.5) is 0 Å². The van der Waals surface area contributed by atoms with Gasteiger partial charge in [-0.05, 0) is 35.9 Å². The molecule has 0 atom stereocenters. The maximum Gasteiger partial charge on any atom is 0.341 e. The van der Waals surface area contributed by atoms with Crippen LogP contribution in [-0.2, 0) is 4.79 Å². The molecule has 144 valence electrons. The molecule has 8 nitrogen and oxygen atoms in total. The summed E-state index contributed by atoms with van der Waals surface area (Å²) in [5.41, 5.74) is 0.310. The standard InChI is InChI=1S/C19H15NO7S/c1-25-15-7-11(4-5-14(15)27-10-18(22)23)8-16-19(24)20-17(28-16)9-12(21)13-3-2-6-26-13/h2-9H,10H2,1H3,(H,20,24)(H,22,23)/b16-8+,17-9-. The minimum atomic E-state index is -1.10. The first-order valence-corrected chi connectivity index (χ1v) is 8.81. The van der Waals surface area contributed by atoms with Crippen LogP contribution in [0, 0.1) is 0 Å². The van der Waals surface area contributed by atoms with Crippen LogP contribution in [0.5, 0.6) is 11.5 Å². The number of aliphatic carboxylic acids is 1. The Morgan fingerprint density at radius 2 is 2.11 bits per heavy atom. The quantitative estimate of drug-likeness (QED) is 0.567. The summed E-state index contributed by atoms with van der Waals surface area (Å²) in [5, 5.41) is 8.70. The SMILES string of the molecule is COc1cc(/C=c2/s/c(=C\C(=O)c3ccco3)[nH]c2=O)ccc1OCC(=O)O. The fourth-order valence-corrected chi connectivity index (χ4v) is 3.20. The Balaban J connectivity index is 1.91. The number of carbonyl (C=O) groups excluding carboxylic acids is 1. The fourth-order valence-electron chi connectivity index (χ4n) is 2.32. The molecule has 2 N–H and O–H groups in total. The fraction of sp³-hybridized carbons (Fsp3) is 0.105. The number of aromatic nitrogens is 1. The summed E-state index contributed by atoms with van der Waals surface area (Å²) in [4.78, 5) is 37.4. The van der Waals surface area contributed by atoms with E-state index < -0.39 is 12.6 Å². The van der Waals surface area contributed by atoms with Crippen molar-refractivity contribution in [1.82, 2.24) is 4.98 Å². The van der Waals surface area contributed by atoms with Gasteiger partial charge in [-0.1, -0.05) is 6.07 Å². The molecule has 0 aliphatic rings. The zero-order valence-corrected chi connectivity index (χ0v) is 15.4. The molecular weight excluding hydrogens is 386 g/mol. The van der Waals surface area contributed by atoms with E-state index in [1.807, 2.05) is 0 Å². The predicted octanol–water partition coefficient (Wildman–Crippen LogP) is 0.994. The number of furan rings is 1. The van der Waals surface area contributed by atoms with Gasteiger partial charge in [-0.15, -0.1) is 11.3 Å². The van der Waals surface area contributed by atoms with Crippen LogP contribution >= 0.6 is 11.3 Å². The van der Waals surface area contributed by atoms with Crippen molar-refractivity contribution in [2.24, 2.45) is 0 Å². The lowest BCUT2D eigenvalue weighted by atomic mass is 10.2. The Morgan fingerprint density at radius 3 is 2.79 bits per heavy atom. The number of hydrogen-bond donors (Lipinski definition) is 2. The smallest absolute Gasteiger partial charge is 0.341 e. The number of thiazole rings is 1. The summed E-state index contributed by atoms with van der Waals surface area (Å²) >= 11 is 1.12. The van der Waals surface area contributed by atoms with Crippen LogP contribution in [0.2, 0.25) is 0 Å². The summed E-state index contributed by atoms with van der Waals surface area (Å²) in [6.45, 7) is -0.493. The van der Waals surface area contributed by atoms with Gasteiger partial charge < -0.3 is 24.0 Å².